The van der Waals surface area contributed by atoms with E-state index in [-0.39, 0.29) is 17.7 Å². The summed E-state index contributed by atoms with van der Waals surface area (Å²) in [6.07, 6.45) is 1.34. The topological polar surface area (TPSA) is 50.4 Å². The zero-order valence-electron chi connectivity index (χ0n) is 18.5. The van der Waals surface area contributed by atoms with Gasteiger partial charge in [0, 0.05) is 17.7 Å². The number of benzene rings is 3. The number of nitrogens with one attached hydrogen (secondary N) is 2. The molecular formula is C28H28N2O2. The van der Waals surface area contributed by atoms with Crippen LogP contribution in [0.3, 0.4) is 0 Å². The fourth-order valence-electron chi connectivity index (χ4n) is 4.74. The van der Waals surface area contributed by atoms with E-state index < -0.39 is 0 Å². The third-order valence-electron chi connectivity index (χ3n) is 6.38. The number of Topliss-reactive ketones (excluding diaryl/α,β-unsaturated/α-hetero) is 1. The van der Waals surface area contributed by atoms with Crippen LogP contribution in [0.4, 0.5) is 11.4 Å². The molecule has 162 valence electrons. The molecule has 0 bridgehead atoms. The van der Waals surface area contributed by atoms with E-state index in [1.165, 1.54) is 11.1 Å². The molecular weight excluding hydrogens is 396 g/mol. The van der Waals surface area contributed by atoms with Crippen molar-refractivity contribution in [3.63, 3.8) is 0 Å². The van der Waals surface area contributed by atoms with Crippen LogP contribution in [-0.4, -0.2) is 12.4 Å². The Balaban J connectivity index is 1.56. The highest BCUT2D eigenvalue weighted by atomic mass is 16.5. The normalized spacial score (nSPS) is 19.9. The van der Waals surface area contributed by atoms with Crippen LogP contribution in [0.1, 0.15) is 48.4 Å². The van der Waals surface area contributed by atoms with Gasteiger partial charge in [-0.1, -0.05) is 54.1 Å². The number of hydrogen-bond donors (Lipinski definition) is 2. The molecule has 0 radical (unpaired) electrons. The number of carbonyl (C=O) groups is 1. The van der Waals surface area contributed by atoms with Crippen LogP contribution >= 0.6 is 0 Å². The second kappa shape index (κ2) is 8.54. The molecule has 0 unspecified atom stereocenters. The van der Waals surface area contributed by atoms with Gasteiger partial charge in [0.1, 0.15) is 5.75 Å². The van der Waals surface area contributed by atoms with Gasteiger partial charge in [0.05, 0.1) is 24.0 Å². The molecule has 0 aromatic heterocycles. The zero-order chi connectivity index (χ0) is 22.1. The molecule has 32 heavy (non-hydrogen) atoms. The monoisotopic (exact) mass is 424 g/mol. The molecule has 1 aliphatic carbocycles. The summed E-state index contributed by atoms with van der Waals surface area (Å²) in [6.45, 7) is 4.70. The van der Waals surface area contributed by atoms with Gasteiger partial charge in [-0.15, -0.1) is 0 Å². The van der Waals surface area contributed by atoms with Crippen LogP contribution < -0.4 is 15.4 Å². The zero-order valence-corrected chi connectivity index (χ0v) is 18.5. The third kappa shape index (κ3) is 3.89. The Morgan fingerprint density at radius 1 is 0.875 bits per heavy atom. The Bertz CT molecular complexity index is 1160. The molecule has 3 aromatic rings. The highest BCUT2D eigenvalue weighted by Gasteiger charge is 2.36. The summed E-state index contributed by atoms with van der Waals surface area (Å²) in [5.74, 6) is 1.22. The molecule has 0 fully saturated rings. The number of carbonyl (C=O) groups excluding carboxylic acids is 1. The first-order chi connectivity index (χ1) is 15.6. The lowest BCUT2D eigenvalue weighted by Crippen LogP contribution is -2.26. The smallest absolute Gasteiger partial charge is 0.163 e. The van der Waals surface area contributed by atoms with Gasteiger partial charge in [-0.2, -0.15) is 0 Å². The quantitative estimate of drug-likeness (QED) is 0.511. The average molecular weight is 425 g/mol. The van der Waals surface area contributed by atoms with Gasteiger partial charge in [-0.3, -0.25) is 4.79 Å². The van der Waals surface area contributed by atoms with E-state index in [2.05, 4.69) is 66.1 Å². The summed E-state index contributed by atoms with van der Waals surface area (Å²) in [7, 11) is 0. The Kier molecular flexibility index (Phi) is 5.44. The molecule has 1 aliphatic heterocycles. The maximum absolute atomic E-state index is 13.6. The molecule has 4 heteroatoms. The maximum Gasteiger partial charge on any atom is 0.163 e. The number of fused-ring (bicyclic) bond motifs is 1. The summed E-state index contributed by atoms with van der Waals surface area (Å²) in [5, 5.41) is 7.24. The van der Waals surface area contributed by atoms with Crippen LogP contribution in [0.2, 0.25) is 0 Å². The van der Waals surface area contributed by atoms with E-state index in [9.17, 15) is 4.79 Å². The Labute approximate surface area is 189 Å². The lowest BCUT2D eigenvalue weighted by atomic mass is 9.78. The highest BCUT2D eigenvalue weighted by Crippen LogP contribution is 2.44. The summed E-state index contributed by atoms with van der Waals surface area (Å²) in [4.78, 5) is 13.6. The van der Waals surface area contributed by atoms with Gasteiger partial charge in [0.2, 0.25) is 0 Å². The molecule has 3 aromatic carbocycles. The first-order valence-corrected chi connectivity index (χ1v) is 11.3. The third-order valence-corrected chi connectivity index (χ3v) is 6.38. The lowest BCUT2D eigenvalue weighted by Gasteiger charge is -2.30. The lowest BCUT2D eigenvalue weighted by molar-refractivity contribution is -0.116. The summed E-state index contributed by atoms with van der Waals surface area (Å²) < 4.78 is 5.62. The Morgan fingerprint density at radius 3 is 2.28 bits per heavy atom. The van der Waals surface area contributed by atoms with Crippen molar-refractivity contribution in [2.75, 3.05) is 17.2 Å². The number of aryl methyl sites for hydroxylation is 1. The summed E-state index contributed by atoms with van der Waals surface area (Å²) in [5.41, 5.74) is 7.38. The standard InChI is InChI=1S/C28H28N2O2/c1-3-32-22-14-12-20(13-15-22)28-27-25(29-23-6-4-5-7-24(23)30-28)16-21(17-26(27)31)19-10-8-18(2)9-11-19/h4-15,21,28-30H,3,16-17H2,1-2H3/t21-,28+/m0/s1. The van der Waals surface area contributed by atoms with E-state index in [1.807, 2.05) is 31.2 Å². The van der Waals surface area contributed by atoms with Gasteiger partial charge in [-0.25, -0.2) is 0 Å². The van der Waals surface area contributed by atoms with E-state index in [1.54, 1.807) is 0 Å². The van der Waals surface area contributed by atoms with Crippen LogP contribution in [0.5, 0.6) is 5.75 Å². The minimum absolute atomic E-state index is 0.181. The molecule has 0 saturated carbocycles. The Morgan fingerprint density at radius 2 is 1.56 bits per heavy atom. The van der Waals surface area contributed by atoms with Crippen LogP contribution in [0.25, 0.3) is 0 Å². The minimum Gasteiger partial charge on any atom is -0.494 e. The van der Waals surface area contributed by atoms with Gasteiger partial charge >= 0.3 is 0 Å². The number of ketones is 1. The van der Waals surface area contributed by atoms with Gasteiger partial charge in [-0.05, 0) is 61.6 Å². The predicted octanol–water partition coefficient (Wildman–Crippen LogP) is 6.37. The number of allylic oxidation sites excluding steroid dienone is 1. The van der Waals surface area contributed by atoms with Gasteiger partial charge in [0.25, 0.3) is 0 Å². The fraction of sp³-hybridized carbons (Fsp3) is 0.250. The second-order valence-corrected chi connectivity index (χ2v) is 8.58. The van der Waals surface area contributed by atoms with E-state index in [4.69, 9.17) is 4.74 Å². The number of para-hydroxylation sites is 2. The van der Waals surface area contributed by atoms with Crippen LogP contribution in [-0.2, 0) is 4.79 Å². The SMILES string of the molecule is CCOc1ccc([C@H]2Nc3ccccc3NC3=C2C(=O)C[C@@H](c2ccc(C)cc2)C3)cc1. The molecule has 2 N–H and O–H groups in total. The highest BCUT2D eigenvalue weighted by molar-refractivity contribution is 6.01. The second-order valence-electron chi connectivity index (χ2n) is 8.58. The molecule has 2 aliphatic rings. The molecule has 5 rings (SSSR count). The number of ether oxygens (including phenoxy) is 1. The number of rotatable bonds is 4. The largest absolute Gasteiger partial charge is 0.494 e. The van der Waals surface area contributed by atoms with Gasteiger partial charge in [0.15, 0.2) is 5.78 Å². The van der Waals surface area contributed by atoms with Crippen LogP contribution in [0.15, 0.2) is 84.1 Å². The molecule has 4 nitrogen and oxygen atoms in total. The molecule has 0 spiro atoms. The minimum atomic E-state index is -0.205. The van der Waals surface area contributed by atoms with Crippen molar-refractivity contribution in [3.8, 4) is 5.75 Å². The molecule has 0 amide bonds. The predicted molar refractivity (Wildman–Crippen MR) is 129 cm³/mol. The molecule has 2 atom stereocenters. The van der Waals surface area contributed by atoms with Gasteiger partial charge < -0.3 is 15.4 Å². The van der Waals surface area contributed by atoms with Crippen molar-refractivity contribution >= 4 is 17.2 Å². The van der Waals surface area contributed by atoms with E-state index >= 15 is 0 Å². The maximum atomic E-state index is 13.6. The summed E-state index contributed by atoms with van der Waals surface area (Å²) in [6, 6.07) is 24.6. The van der Waals surface area contributed by atoms with Crippen molar-refractivity contribution in [3.05, 3.63) is 101 Å². The number of anilines is 2. The van der Waals surface area contributed by atoms with Crippen molar-refractivity contribution in [2.45, 2.75) is 38.6 Å². The van der Waals surface area contributed by atoms with E-state index in [0.29, 0.717) is 13.0 Å². The first-order valence-electron chi connectivity index (χ1n) is 11.3. The summed E-state index contributed by atoms with van der Waals surface area (Å²) >= 11 is 0. The molecule has 0 saturated heterocycles. The fourth-order valence-corrected chi connectivity index (χ4v) is 4.74. The van der Waals surface area contributed by atoms with Crippen molar-refractivity contribution < 1.29 is 9.53 Å². The van der Waals surface area contributed by atoms with Crippen molar-refractivity contribution in [2.24, 2.45) is 0 Å². The Hall–Kier alpha value is -3.53. The van der Waals surface area contributed by atoms with Crippen LogP contribution in [0, 0.1) is 6.92 Å². The first kappa shape index (κ1) is 20.4. The van der Waals surface area contributed by atoms with Crippen molar-refractivity contribution in [1.82, 2.24) is 0 Å². The molecule has 1 heterocycles. The van der Waals surface area contributed by atoms with Crippen molar-refractivity contribution in [1.29, 1.82) is 0 Å². The van der Waals surface area contributed by atoms with E-state index in [0.717, 1.165) is 40.4 Å². The number of hydrogen-bond acceptors (Lipinski definition) is 4. The average Bonchev–Trinajstić information content (AvgIpc) is 2.97.